The summed E-state index contributed by atoms with van der Waals surface area (Å²) in [6.07, 6.45) is 3.83. The number of hydrogen-bond acceptors (Lipinski definition) is 2. The zero-order chi connectivity index (χ0) is 11.7. The molecule has 1 aromatic carbocycles. The number of nitrogens with zero attached hydrogens (tertiary/aromatic N) is 1. The topological polar surface area (TPSA) is 15.3 Å². The molecule has 2 atom stereocenters. The zero-order valence-corrected chi connectivity index (χ0v) is 10.0. The lowest BCUT2D eigenvalue weighted by Crippen LogP contribution is -2.38. The monoisotopic (exact) mass is 234 g/mol. The van der Waals surface area contributed by atoms with Gasteiger partial charge in [-0.25, -0.2) is 4.39 Å². The lowest BCUT2D eigenvalue weighted by atomic mass is 10.1. The van der Waals surface area contributed by atoms with Crippen LogP contribution < -0.4 is 5.32 Å². The van der Waals surface area contributed by atoms with E-state index < -0.39 is 0 Å². The summed E-state index contributed by atoms with van der Waals surface area (Å²) in [5, 5.41) is 3.53. The van der Waals surface area contributed by atoms with Gasteiger partial charge in [0.25, 0.3) is 0 Å². The highest BCUT2D eigenvalue weighted by Crippen LogP contribution is 2.28. The Labute approximate surface area is 102 Å². The molecule has 2 aliphatic rings. The van der Waals surface area contributed by atoms with Gasteiger partial charge in [-0.05, 0) is 31.9 Å². The Morgan fingerprint density at radius 3 is 3.00 bits per heavy atom. The van der Waals surface area contributed by atoms with Crippen molar-refractivity contribution in [2.45, 2.75) is 37.9 Å². The fourth-order valence-corrected chi connectivity index (χ4v) is 3.20. The van der Waals surface area contributed by atoms with Gasteiger partial charge in [-0.15, -0.1) is 0 Å². The second kappa shape index (κ2) is 4.75. The molecule has 0 bridgehead atoms. The van der Waals surface area contributed by atoms with E-state index in [4.69, 9.17) is 0 Å². The Bertz CT molecular complexity index is 394. The molecule has 2 heterocycles. The molecule has 2 nitrogen and oxygen atoms in total. The first-order valence-corrected chi connectivity index (χ1v) is 6.55. The van der Waals surface area contributed by atoms with Crippen LogP contribution in [0.1, 0.15) is 24.8 Å². The molecule has 2 aliphatic heterocycles. The molecule has 2 fully saturated rings. The number of benzene rings is 1. The van der Waals surface area contributed by atoms with Crippen LogP contribution in [0.3, 0.4) is 0 Å². The van der Waals surface area contributed by atoms with Crippen LogP contribution in [-0.2, 0) is 6.54 Å². The van der Waals surface area contributed by atoms with Crippen LogP contribution in [0.2, 0.25) is 0 Å². The van der Waals surface area contributed by atoms with Gasteiger partial charge < -0.3 is 5.32 Å². The smallest absolute Gasteiger partial charge is 0.127 e. The molecule has 2 unspecified atom stereocenters. The molecular formula is C14H19FN2. The third kappa shape index (κ3) is 2.22. The fourth-order valence-electron chi connectivity index (χ4n) is 3.20. The third-order valence-corrected chi connectivity index (χ3v) is 4.12. The van der Waals surface area contributed by atoms with Gasteiger partial charge in [0.05, 0.1) is 0 Å². The van der Waals surface area contributed by atoms with E-state index in [1.165, 1.54) is 38.4 Å². The maximum Gasteiger partial charge on any atom is 0.127 e. The van der Waals surface area contributed by atoms with Crippen molar-refractivity contribution in [1.82, 2.24) is 10.2 Å². The largest absolute Gasteiger partial charge is 0.308 e. The van der Waals surface area contributed by atoms with Gasteiger partial charge >= 0.3 is 0 Å². The lowest BCUT2D eigenvalue weighted by Gasteiger charge is -2.21. The standard InChI is InChI=1S/C14H19FN2/c15-12-5-2-1-4-11(12)10-16-13-7-9-17-8-3-6-14(13)17/h1-2,4-5,13-14,16H,3,6-10H2. The van der Waals surface area contributed by atoms with Gasteiger partial charge in [-0.3, -0.25) is 4.90 Å². The summed E-state index contributed by atoms with van der Waals surface area (Å²) in [6, 6.07) is 8.29. The van der Waals surface area contributed by atoms with Crippen molar-refractivity contribution >= 4 is 0 Å². The summed E-state index contributed by atoms with van der Waals surface area (Å²) < 4.78 is 13.5. The predicted molar refractivity (Wildman–Crippen MR) is 66.2 cm³/mol. The van der Waals surface area contributed by atoms with E-state index >= 15 is 0 Å². The van der Waals surface area contributed by atoms with E-state index in [0.717, 1.165) is 5.56 Å². The van der Waals surface area contributed by atoms with Crippen molar-refractivity contribution in [2.24, 2.45) is 0 Å². The van der Waals surface area contributed by atoms with Crippen molar-refractivity contribution in [3.63, 3.8) is 0 Å². The highest BCUT2D eigenvalue weighted by molar-refractivity contribution is 5.17. The molecule has 3 heteroatoms. The molecule has 2 saturated heterocycles. The normalized spacial score (nSPS) is 28.5. The zero-order valence-electron chi connectivity index (χ0n) is 10.0. The highest BCUT2D eigenvalue weighted by atomic mass is 19.1. The van der Waals surface area contributed by atoms with Crippen molar-refractivity contribution in [3.8, 4) is 0 Å². The first-order chi connectivity index (χ1) is 8.34. The Morgan fingerprint density at radius 1 is 1.24 bits per heavy atom. The number of rotatable bonds is 3. The summed E-state index contributed by atoms with van der Waals surface area (Å²) in [5.41, 5.74) is 0.781. The van der Waals surface area contributed by atoms with Gasteiger partial charge in [0.15, 0.2) is 0 Å². The van der Waals surface area contributed by atoms with E-state index in [1.807, 2.05) is 12.1 Å². The van der Waals surface area contributed by atoms with Crippen LogP contribution in [-0.4, -0.2) is 30.1 Å². The van der Waals surface area contributed by atoms with Crippen LogP contribution in [0, 0.1) is 5.82 Å². The minimum absolute atomic E-state index is 0.0960. The fraction of sp³-hybridized carbons (Fsp3) is 0.571. The van der Waals surface area contributed by atoms with Crippen molar-refractivity contribution < 1.29 is 4.39 Å². The lowest BCUT2D eigenvalue weighted by molar-refractivity contribution is 0.298. The number of halogens is 1. The van der Waals surface area contributed by atoms with Crippen LogP contribution in [0.15, 0.2) is 24.3 Å². The molecule has 92 valence electrons. The van der Waals surface area contributed by atoms with Gasteiger partial charge in [0.2, 0.25) is 0 Å². The molecule has 17 heavy (non-hydrogen) atoms. The second-order valence-corrected chi connectivity index (χ2v) is 5.11. The second-order valence-electron chi connectivity index (χ2n) is 5.11. The average Bonchev–Trinajstić information content (AvgIpc) is 2.91. The number of nitrogens with one attached hydrogen (secondary N) is 1. The summed E-state index contributed by atoms with van der Waals surface area (Å²) in [4.78, 5) is 2.57. The Morgan fingerprint density at radius 2 is 2.12 bits per heavy atom. The summed E-state index contributed by atoms with van der Waals surface area (Å²) in [6.45, 7) is 3.11. The van der Waals surface area contributed by atoms with Crippen LogP contribution >= 0.6 is 0 Å². The molecule has 0 aliphatic carbocycles. The molecule has 0 aromatic heterocycles. The quantitative estimate of drug-likeness (QED) is 0.862. The van der Waals surface area contributed by atoms with E-state index in [0.29, 0.717) is 18.6 Å². The average molecular weight is 234 g/mol. The van der Waals surface area contributed by atoms with Crippen LogP contribution in [0.25, 0.3) is 0 Å². The van der Waals surface area contributed by atoms with Gasteiger partial charge in [-0.2, -0.15) is 0 Å². The first-order valence-electron chi connectivity index (χ1n) is 6.55. The minimum Gasteiger partial charge on any atom is -0.308 e. The molecule has 3 rings (SSSR count). The molecular weight excluding hydrogens is 215 g/mol. The van der Waals surface area contributed by atoms with Crippen molar-refractivity contribution in [2.75, 3.05) is 13.1 Å². The van der Waals surface area contributed by atoms with Gasteiger partial charge in [-0.1, -0.05) is 18.2 Å². The van der Waals surface area contributed by atoms with Crippen molar-refractivity contribution in [1.29, 1.82) is 0 Å². The van der Waals surface area contributed by atoms with Gasteiger partial charge in [0, 0.05) is 30.7 Å². The Kier molecular flexibility index (Phi) is 3.12. The summed E-state index contributed by atoms with van der Waals surface area (Å²) in [5.74, 6) is -0.0960. The van der Waals surface area contributed by atoms with Gasteiger partial charge in [0.1, 0.15) is 5.82 Å². The van der Waals surface area contributed by atoms with E-state index in [2.05, 4.69) is 10.2 Å². The Hall–Kier alpha value is -0.930. The molecule has 0 saturated carbocycles. The predicted octanol–water partition coefficient (Wildman–Crippen LogP) is 2.15. The number of fused-ring (bicyclic) bond motifs is 1. The first kappa shape index (κ1) is 11.2. The van der Waals surface area contributed by atoms with E-state index in [9.17, 15) is 4.39 Å². The maximum absolute atomic E-state index is 13.5. The summed E-state index contributed by atoms with van der Waals surface area (Å²) >= 11 is 0. The van der Waals surface area contributed by atoms with Crippen molar-refractivity contribution in [3.05, 3.63) is 35.6 Å². The highest BCUT2D eigenvalue weighted by Gasteiger charge is 2.36. The third-order valence-electron chi connectivity index (χ3n) is 4.12. The molecule has 0 radical (unpaired) electrons. The minimum atomic E-state index is -0.0960. The Balaban J connectivity index is 1.60. The summed E-state index contributed by atoms with van der Waals surface area (Å²) in [7, 11) is 0. The van der Waals surface area contributed by atoms with E-state index in [1.54, 1.807) is 6.07 Å². The molecule has 0 spiro atoms. The molecule has 1 aromatic rings. The molecule has 1 N–H and O–H groups in total. The number of hydrogen-bond donors (Lipinski definition) is 1. The van der Waals surface area contributed by atoms with Crippen LogP contribution in [0.5, 0.6) is 0 Å². The van der Waals surface area contributed by atoms with E-state index in [-0.39, 0.29) is 5.82 Å². The maximum atomic E-state index is 13.5. The van der Waals surface area contributed by atoms with Crippen LogP contribution in [0.4, 0.5) is 4.39 Å². The molecule has 0 amide bonds. The SMILES string of the molecule is Fc1ccccc1CNC1CCN2CCCC12.